The van der Waals surface area contributed by atoms with Gasteiger partial charge in [-0.2, -0.15) is 0 Å². The molecule has 0 saturated heterocycles. The predicted molar refractivity (Wildman–Crippen MR) is 162 cm³/mol. The summed E-state index contributed by atoms with van der Waals surface area (Å²) in [6.07, 6.45) is 1.41. The summed E-state index contributed by atoms with van der Waals surface area (Å²) in [5.41, 5.74) is 2.56. The number of sulfonamides is 1. The minimum absolute atomic E-state index is 0.174. The third kappa shape index (κ3) is 5.27. The Bertz CT molecular complexity index is 1930. The summed E-state index contributed by atoms with van der Waals surface area (Å²) >= 11 is 2.18. The van der Waals surface area contributed by atoms with Crippen LogP contribution in [0.5, 0.6) is 5.75 Å². The van der Waals surface area contributed by atoms with Crippen LogP contribution < -0.4 is 26.0 Å². The molecule has 5 rings (SSSR count). The maximum atomic E-state index is 12.9. The number of aromatic amines is 1. The van der Waals surface area contributed by atoms with Crippen molar-refractivity contribution in [3.05, 3.63) is 109 Å². The molecule has 198 valence electrons. The van der Waals surface area contributed by atoms with E-state index in [2.05, 4.69) is 37.6 Å². The van der Waals surface area contributed by atoms with Crippen molar-refractivity contribution in [2.24, 2.45) is 0 Å². The van der Waals surface area contributed by atoms with E-state index in [1.807, 2.05) is 30.3 Å². The molecular formula is C28H23IN4O5S. The lowest BCUT2D eigenvalue weighted by atomic mass is 10.0. The van der Waals surface area contributed by atoms with Crippen LogP contribution in [-0.2, 0) is 10.0 Å². The average molecular weight is 654 g/mol. The highest BCUT2D eigenvalue weighted by molar-refractivity contribution is 14.1. The summed E-state index contributed by atoms with van der Waals surface area (Å²) < 4.78 is 36.1. The smallest absolute Gasteiger partial charge is 0.333 e. The van der Waals surface area contributed by atoms with Gasteiger partial charge in [-0.25, -0.2) is 13.2 Å². The first-order chi connectivity index (χ1) is 18.7. The van der Waals surface area contributed by atoms with Gasteiger partial charge < -0.3 is 10.1 Å². The molecule has 0 amide bonds. The lowest BCUT2D eigenvalue weighted by Crippen LogP contribution is -2.27. The quantitative estimate of drug-likeness (QED) is 0.217. The Balaban J connectivity index is 1.47. The fraction of sp³-hybridized carbons (Fsp3) is 0.0714. The summed E-state index contributed by atoms with van der Waals surface area (Å²) in [6, 6.07) is 22.7. The molecule has 0 fully saturated rings. The van der Waals surface area contributed by atoms with Crippen molar-refractivity contribution in [2.45, 2.75) is 4.90 Å². The molecule has 5 aromatic rings. The zero-order valence-electron chi connectivity index (χ0n) is 20.9. The van der Waals surface area contributed by atoms with E-state index in [0.717, 1.165) is 31.2 Å². The van der Waals surface area contributed by atoms with Crippen molar-refractivity contribution in [1.29, 1.82) is 0 Å². The Morgan fingerprint density at radius 2 is 1.56 bits per heavy atom. The third-order valence-corrected chi connectivity index (χ3v) is 8.69. The summed E-state index contributed by atoms with van der Waals surface area (Å²) in [6.45, 7) is 0. The maximum absolute atomic E-state index is 12.9. The molecule has 4 aromatic carbocycles. The first-order valence-electron chi connectivity index (χ1n) is 11.7. The number of ether oxygens (including phenoxy) is 1. The van der Waals surface area contributed by atoms with Crippen molar-refractivity contribution >= 4 is 54.8 Å². The van der Waals surface area contributed by atoms with Gasteiger partial charge in [-0.15, -0.1) is 0 Å². The van der Waals surface area contributed by atoms with Crippen molar-refractivity contribution in [2.75, 3.05) is 24.2 Å². The van der Waals surface area contributed by atoms with Gasteiger partial charge in [-0.3, -0.25) is 19.1 Å². The van der Waals surface area contributed by atoms with Gasteiger partial charge in [0.1, 0.15) is 0 Å². The number of hydrogen-bond donors (Lipinski definition) is 3. The van der Waals surface area contributed by atoms with Gasteiger partial charge >= 0.3 is 5.69 Å². The molecule has 39 heavy (non-hydrogen) atoms. The summed E-state index contributed by atoms with van der Waals surface area (Å²) in [5.74, 6) is 0.495. The Labute approximate surface area is 237 Å². The Morgan fingerprint density at radius 1 is 0.872 bits per heavy atom. The molecule has 9 nitrogen and oxygen atoms in total. The van der Waals surface area contributed by atoms with Crippen LogP contribution in [-0.4, -0.2) is 32.1 Å². The summed E-state index contributed by atoms with van der Waals surface area (Å²) in [5, 5.41) is 4.75. The number of hydrogen-bond acceptors (Lipinski definition) is 6. The number of fused-ring (bicyclic) bond motifs is 1. The molecule has 0 radical (unpaired) electrons. The molecule has 1 aromatic heterocycles. The van der Waals surface area contributed by atoms with E-state index in [0.29, 0.717) is 17.1 Å². The van der Waals surface area contributed by atoms with E-state index in [1.165, 1.54) is 23.9 Å². The number of nitrogens with zero attached hydrogens (tertiary/aromatic N) is 1. The molecule has 0 aliphatic heterocycles. The summed E-state index contributed by atoms with van der Waals surface area (Å²) in [7, 11) is -0.443. The lowest BCUT2D eigenvalue weighted by molar-refractivity contribution is 0.409. The number of methoxy groups -OCH3 is 1. The van der Waals surface area contributed by atoms with Gasteiger partial charge in [-0.1, -0.05) is 24.3 Å². The molecule has 0 aliphatic carbocycles. The Morgan fingerprint density at radius 3 is 2.26 bits per heavy atom. The molecule has 0 saturated carbocycles. The molecule has 0 unspecified atom stereocenters. The van der Waals surface area contributed by atoms with Crippen molar-refractivity contribution < 1.29 is 13.2 Å². The minimum Gasteiger partial charge on any atom is -0.493 e. The fourth-order valence-corrected chi connectivity index (χ4v) is 6.29. The molecule has 0 bridgehead atoms. The first kappa shape index (κ1) is 26.5. The molecule has 0 spiro atoms. The highest BCUT2D eigenvalue weighted by Gasteiger charge is 2.17. The molecule has 3 N–H and O–H groups in total. The average Bonchev–Trinajstić information content (AvgIpc) is 2.92. The van der Waals surface area contributed by atoms with Gasteiger partial charge in [0.05, 0.1) is 21.3 Å². The molecule has 0 aliphatic rings. The Kier molecular flexibility index (Phi) is 7.19. The number of benzene rings is 4. The fourth-order valence-electron chi connectivity index (χ4n) is 4.25. The van der Waals surface area contributed by atoms with E-state index in [4.69, 9.17) is 4.74 Å². The Hall–Kier alpha value is -4.10. The first-order valence-corrected chi connectivity index (χ1v) is 14.3. The normalized spacial score (nSPS) is 11.4. The van der Waals surface area contributed by atoms with Crippen molar-refractivity contribution in [1.82, 2.24) is 9.55 Å². The minimum atomic E-state index is -3.74. The van der Waals surface area contributed by atoms with E-state index >= 15 is 0 Å². The second kappa shape index (κ2) is 10.6. The monoisotopic (exact) mass is 654 g/mol. The van der Waals surface area contributed by atoms with Crippen molar-refractivity contribution in [3.8, 4) is 22.6 Å². The van der Waals surface area contributed by atoms with Gasteiger partial charge in [0, 0.05) is 30.7 Å². The molecular weight excluding hydrogens is 631 g/mol. The number of aromatic nitrogens is 2. The van der Waals surface area contributed by atoms with Crippen LogP contribution in [0.1, 0.15) is 0 Å². The standard InChI is InChI=1S/C28H23IN4O5S/c1-30-20-7-9-22(10-8-20)39(36,37)32-21-6-5-17-15-19(4-3-18(17)16-21)23-11-12-24(27(38-2)26(23)29)33-14-13-25(34)31-28(33)35/h3-16,30,32H,1-2H3,(H,31,34,35). The topological polar surface area (TPSA) is 122 Å². The summed E-state index contributed by atoms with van der Waals surface area (Å²) in [4.78, 5) is 26.3. The zero-order chi connectivity index (χ0) is 27.7. The number of rotatable bonds is 7. The van der Waals surface area contributed by atoms with Gasteiger partial charge in [0.25, 0.3) is 15.6 Å². The SMILES string of the molecule is CNc1ccc(S(=O)(=O)Nc2ccc3cc(-c4ccc(-n5ccc(=O)[nH]c5=O)c(OC)c4I)ccc3c2)cc1. The number of halogens is 1. The highest BCUT2D eigenvalue weighted by Crippen LogP contribution is 2.37. The predicted octanol–water partition coefficient (Wildman–Crippen LogP) is 4.80. The van der Waals surface area contributed by atoms with Crippen LogP contribution >= 0.6 is 22.6 Å². The maximum Gasteiger partial charge on any atom is 0.333 e. The van der Waals surface area contributed by atoms with Gasteiger partial charge in [0.15, 0.2) is 5.75 Å². The van der Waals surface area contributed by atoms with Crippen LogP contribution in [0.15, 0.2) is 99.5 Å². The third-order valence-electron chi connectivity index (χ3n) is 6.22. The van der Waals surface area contributed by atoms with Crippen LogP contribution in [0.25, 0.3) is 27.6 Å². The van der Waals surface area contributed by atoms with Crippen LogP contribution in [0, 0.1) is 3.57 Å². The van der Waals surface area contributed by atoms with Gasteiger partial charge in [0.2, 0.25) is 0 Å². The molecule has 0 atom stereocenters. The molecule has 1 heterocycles. The lowest BCUT2D eigenvalue weighted by Gasteiger charge is -2.16. The van der Waals surface area contributed by atoms with Crippen LogP contribution in [0.2, 0.25) is 0 Å². The van der Waals surface area contributed by atoms with E-state index in [9.17, 15) is 18.0 Å². The zero-order valence-corrected chi connectivity index (χ0v) is 23.8. The van der Waals surface area contributed by atoms with Crippen LogP contribution in [0.3, 0.4) is 0 Å². The second-order valence-electron chi connectivity index (χ2n) is 8.62. The highest BCUT2D eigenvalue weighted by atomic mass is 127. The van der Waals surface area contributed by atoms with E-state index in [1.54, 1.807) is 49.5 Å². The largest absolute Gasteiger partial charge is 0.493 e. The van der Waals surface area contributed by atoms with E-state index < -0.39 is 21.3 Å². The van der Waals surface area contributed by atoms with Crippen LogP contribution in [0.4, 0.5) is 11.4 Å². The number of anilines is 2. The number of nitrogens with one attached hydrogen (secondary N) is 3. The van der Waals surface area contributed by atoms with Crippen molar-refractivity contribution in [3.63, 3.8) is 0 Å². The second-order valence-corrected chi connectivity index (χ2v) is 11.4. The number of H-pyrrole nitrogens is 1. The van der Waals surface area contributed by atoms with Gasteiger partial charge in [-0.05, 0) is 93.0 Å². The molecule has 11 heteroatoms. The van der Waals surface area contributed by atoms with E-state index in [-0.39, 0.29) is 4.90 Å².